The van der Waals surface area contributed by atoms with E-state index in [4.69, 9.17) is 27.9 Å². The van der Waals surface area contributed by atoms with Crippen molar-refractivity contribution in [2.24, 2.45) is 4.99 Å². The van der Waals surface area contributed by atoms with Crippen molar-refractivity contribution in [1.82, 2.24) is 4.90 Å². The third-order valence-corrected chi connectivity index (χ3v) is 6.39. The molecule has 1 aromatic carbocycles. The van der Waals surface area contributed by atoms with Crippen LogP contribution in [-0.4, -0.2) is 56.8 Å². The van der Waals surface area contributed by atoms with E-state index in [9.17, 15) is 19.5 Å². The molecule has 10 heteroatoms. The van der Waals surface area contributed by atoms with Crippen LogP contribution in [0.4, 0.5) is 0 Å². The maximum atomic E-state index is 12.7. The number of amides is 1. The summed E-state index contributed by atoms with van der Waals surface area (Å²) in [5.74, 6) is -2.27. The molecule has 1 amide bonds. The minimum absolute atomic E-state index is 0.204. The summed E-state index contributed by atoms with van der Waals surface area (Å²) in [5.41, 5.74) is 0.955. The van der Waals surface area contributed by atoms with Crippen molar-refractivity contribution in [3.05, 3.63) is 52.2 Å². The number of hydrogen-bond acceptors (Lipinski definition) is 6. The lowest BCUT2D eigenvalue weighted by molar-refractivity contribution is -0.150. The van der Waals surface area contributed by atoms with E-state index in [2.05, 4.69) is 4.99 Å². The molecule has 1 fully saturated rings. The molecule has 1 aromatic rings. The van der Waals surface area contributed by atoms with Crippen LogP contribution in [0.1, 0.15) is 12.5 Å². The number of alkyl halides is 1. The Morgan fingerprint density at radius 3 is 2.72 bits per heavy atom. The Morgan fingerprint density at radius 1 is 1.41 bits per heavy atom. The number of allylic oxidation sites excluding steroid dienone is 1. The molecule has 1 saturated heterocycles. The average Bonchev–Trinajstić information content (AvgIpc) is 2.69. The summed E-state index contributed by atoms with van der Waals surface area (Å²) in [4.78, 5) is 39.0. The highest BCUT2D eigenvalue weighted by Crippen LogP contribution is 2.50. The van der Waals surface area contributed by atoms with Gasteiger partial charge in [0.05, 0.1) is 5.03 Å². The molecule has 3 rings (SSSR count). The molecule has 1 unspecified atom stereocenters. The number of rotatable bonds is 6. The third kappa shape index (κ3) is 4.34. The Balaban J connectivity index is 1.81. The molecule has 29 heavy (non-hydrogen) atoms. The first-order valence-electron chi connectivity index (χ1n) is 8.44. The van der Waals surface area contributed by atoms with E-state index in [0.717, 1.165) is 10.5 Å². The van der Waals surface area contributed by atoms with E-state index in [-0.39, 0.29) is 23.1 Å². The van der Waals surface area contributed by atoms with E-state index in [1.54, 1.807) is 6.08 Å². The summed E-state index contributed by atoms with van der Waals surface area (Å²) < 4.78 is 4.89. The van der Waals surface area contributed by atoms with Crippen LogP contribution in [0.15, 0.2) is 51.6 Å². The number of nitrogens with zero attached hydrogens (tertiary/aromatic N) is 2. The van der Waals surface area contributed by atoms with Gasteiger partial charge in [0, 0.05) is 24.5 Å². The van der Waals surface area contributed by atoms with Gasteiger partial charge in [-0.2, -0.15) is 0 Å². The number of carboxylic acids is 1. The van der Waals surface area contributed by atoms with E-state index in [0.29, 0.717) is 5.57 Å². The molecular formula is C19H16Cl2N2O5S. The van der Waals surface area contributed by atoms with Gasteiger partial charge in [-0.1, -0.05) is 53.5 Å². The second-order valence-corrected chi connectivity index (χ2v) is 8.33. The molecule has 2 heterocycles. The number of halogens is 2. The number of hydrogen-bond donors (Lipinski definition) is 1. The van der Waals surface area contributed by atoms with Crippen molar-refractivity contribution in [3.63, 3.8) is 0 Å². The standard InChI is InChI=1S/C19H16Cl2N2O5S/c1-11(24)28-9-13-10-29-18-19(21,17(27)23(18)15(13)16(25)26)22-8-14(20)7-12-5-3-2-4-6-12/h2-8,18H,9-10H2,1H3,(H,25,26)/t18-,19?/m1/s1. The zero-order valence-corrected chi connectivity index (χ0v) is 17.5. The number of aliphatic imine (C=N–C) groups is 1. The summed E-state index contributed by atoms with van der Waals surface area (Å²) in [6.45, 7) is 1.02. The summed E-state index contributed by atoms with van der Waals surface area (Å²) in [6.07, 6.45) is 2.95. The summed E-state index contributed by atoms with van der Waals surface area (Å²) >= 11 is 13.8. The van der Waals surface area contributed by atoms with Crippen molar-refractivity contribution in [2.45, 2.75) is 17.3 Å². The van der Waals surface area contributed by atoms with Crippen LogP contribution in [-0.2, 0) is 19.1 Å². The highest BCUT2D eigenvalue weighted by Gasteiger charge is 2.64. The fourth-order valence-electron chi connectivity index (χ4n) is 2.88. The lowest BCUT2D eigenvalue weighted by Gasteiger charge is -2.52. The van der Waals surface area contributed by atoms with Gasteiger partial charge in [-0.05, 0) is 11.6 Å². The maximum absolute atomic E-state index is 12.7. The Bertz CT molecular complexity index is 947. The van der Waals surface area contributed by atoms with Gasteiger partial charge in [0.1, 0.15) is 17.7 Å². The molecule has 2 atom stereocenters. The Morgan fingerprint density at radius 2 is 2.10 bits per heavy atom. The van der Waals surface area contributed by atoms with Crippen LogP contribution in [0.3, 0.4) is 0 Å². The molecule has 152 valence electrons. The second kappa shape index (κ2) is 8.61. The monoisotopic (exact) mass is 454 g/mol. The number of carboxylic acid groups (broad SMARTS) is 1. The number of carbonyl (C=O) groups is 3. The molecule has 0 bridgehead atoms. The zero-order valence-electron chi connectivity index (χ0n) is 15.2. The van der Waals surface area contributed by atoms with Gasteiger partial charge in [0.25, 0.3) is 5.91 Å². The minimum atomic E-state index is -1.65. The average molecular weight is 455 g/mol. The molecule has 0 spiro atoms. The van der Waals surface area contributed by atoms with Gasteiger partial charge in [-0.15, -0.1) is 11.8 Å². The lowest BCUT2D eigenvalue weighted by atomic mass is 10.0. The summed E-state index contributed by atoms with van der Waals surface area (Å²) in [6, 6.07) is 9.30. The zero-order chi connectivity index (χ0) is 21.2. The quantitative estimate of drug-likeness (QED) is 0.233. The van der Waals surface area contributed by atoms with Crippen molar-refractivity contribution in [1.29, 1.82) is 0 Å². The molecule has 2 aliphatic heterocycles. The molecule has 0 saturated carbocycles. The molecule has 1 N–H and O–H groups in total. The van der Waals surface area contributed by atoms with Crippen molar-refractivity contribution < 1.29 is 24.2 Å². The van der Waals surface area contributed by atoms with Crippen LogP contribution in [0.2, 0.25) is 0 Å². The van der Waals surface area contributed by atoms with Gasteiger partial charge in [-0.25, -0.2) is 4.79 Å². The highest BCUT2D eigenvalue weighted by atomic mass is 35.5. The SMILES string of the molecule is CC(=O)OCC1=C(C(=O)O)N2C(=O)C(Cl)(N=CC(Cl)=Cc3ccccc3)[C@H]2SC1. The number of fused-ring (bicyclic) bond motifs is 1. The number of esters is 1. The maximum Gasteiger partial charge on any atom is 0.352 e. The molecular weight excluding hydrogens is 439 g/mol. The van der Waals surface area contributed by atoms with Gasteiger partial charge >= 0.3 is 11.9 Å². The van der Waals surface area contributed by atoms with Gasteiger partial charge < -0.3 is 9.84 Å². The van der Waals surface area contributed by atoms with E-state index >= 15 is 0 Å². The fraction of sp³-hybridized carbons (Fsp3) is 0.263. The molecule has 0 aromatic heterocycles. The van der Waals surface area contributed by atoms with Crippen LogP contribution in [0, 0.1) is 0 Å². The second-order valence-electron chi connectivity index (χ2n) is 6.25. The Hall–Kier alpha value is -2.29. The van der Waals surface area contributed by atoms with Crippen LogP contribution < -0.4 is 0 Å². The summed E-state index contributed by atoms with van der Waals surface area (Å²) in [7, 11) is 0. The van der Waals surface area contributed by atoms with Gasteiger partial charge in [0.15, 0.2) is 0 Å². The highest BCUT2D eigenvalue weighted by molar-refractivity contribution is 8.00. The number of aliphatic carboxylic acids is 1. The first-order chi connectivity index (χ1) is 13.7. The van der Waals surface area contributed by atoms with E-state index < -0.39 is 28.2 Å². The molecule has 0 aliphatic carbocycles. The van der Waals surface area contributed by atoms with Crippen LogP contribution in [0.25, 0.3) is 6.08 Å². The predicted molar refractivity (Wildman–Crippen MR) is 112 cm³/mol. The lowest BCUT2D eigenvalue weighted by Crippen LogP contribution is -2.70. The van der Waals surface area contributed by atoms with E-state index in [1.165, 1.54) is 24.9 Å². The fourth-order valence-corrected chi connectivity index (χ4v) is 4.79. The molecule has 2 aliphatic rings. The van der Waals surface area contributed by atoms with Crippen LogP contribution >= 0.6 is 35.0 Å². The number of β-lactam (4-membered cyclic amide) rings is 1. The van der Waals surface area contributed by atoms with Gasteiger partial charge in [0.2, 0.25) is 5.00 Å². The van der Waals surface area contributed by atoms with Crippen molar-refractivity contribution in [2.75, 3.05) is 12.4 Å². The number of carbonyl (C=O) groups excluding carboxylic acids is 2. The number of thioether (sulfide) groups is 1. The summed E-state index contributed by atoms with van der Waals surface area (Å²) in [5, 5.41) is 9.12. The molecule has 0 radical (unpaired) electrons. The smallest absolute Gasteiger partial charge is 0.352 e. The van der Waals surface area contributed by atoms with Crippen molar-refractivity contribution in [3.8, 4) is 0 Å². The van der Waals surface area contributed by atoms with Crippen molar-refractivity contribution >= 4 is 65.1 Å². The molecule has 7 nitrogen and oxygen atoms in total. The Labute approximate surface area is 181 Å². The van der Waals surface area contributed by atoms with E-state index in [1.807, 2.05) is 30.3 Å². The van der Waals surface area contributed by atoms with Crippen LogP contribution in [0.5, 0.6) is 0 Å². The minimum Gasteiger partial charge on any atom is -0.477 e. The first-order valence-corrected chi connectivity index (χ1v) is 10.2. The normalized spacial score (nSPS) is 24.4. The number of ether oxygens (including phenoxy) is 1. The Kier molecular flexibility index (Phi) is 6.36. The topological polar surface area (TPSA) is 96.3 Å². The first kappa shape index (κ1) is 21.4. The largest absolute Gasteiger partial charge is 0.477 e. The third-order valence-electron chi connectivity index (χ3n) is 4.20. The number of benzene rings is 1. The van der Waals surface area contributed by atoms with Gasteiger partial charge in [-0.3, -0.25) is 19.5 Å². The predicted octanol–water partition coefficient (Wildman–Crippen LogP) is 3.09.